The van der Waals surface area contributed by atoms with Crippen LogP contribution in [-0.4, -0.2) is 5.78 Å². The van der Waals surface area contributed by atoms with Crippen molar-refractivity contribution in [1.82, 2.24) is 0 Å². The first kappa shape index (κ1) is 13.7. The summed E-state index contributed by atoms with van der Waals surface area (Å²) in [5.74, 6) is 0.599. The van der Waals surface area contributed by atoms with E-state index in [4.69, 9.17) is 0 Å². The Labute approximate surface area is 105 Å². The topological polar surface area (TPSA) is 17.1 Å². The highest BCUT2D eigenvalue weighted by atomic mass is 16.1. The van der Waals surface area contributed by atoms with E-state index in [-0.39, 0.29) is 11.7 Å². The summed E-state index contributed by atoms with van der Waals surface area (Å²) >= 11 is 0. The quantitative estimate of drug-likeness (QED) is 0.687. The van der Waals surface area contributed by atoms with Crippen molar-refractivity contribution in [2.45, 2.75) is 40.0 Å². The Morgan fingerprint density at radius 1 is 1.24 bits per heavy atom. The normalized spacial score (nSPS) is 13.9. The second-order valence-corrected chi connectivity index (χ2v) is 4.90. The van der Waals surface area contributed by atoms with E-state index < -0.39 is 0 Å². The van der Waals surface area contributed by atoms with E-state index in [1.54, 1.807) is 6.08 Å². The van der Waals surface area contributed by atoms with Gasteiger partial charge in [0.15, 0.2) is 5.78 Å². The molecular weight excluding hydrogens is 208 g/mol. The maximum Gasteiger partial charge on any atom is 0.163 e. The number of benzene rings is 1. The predicted molar refractivity (Wildman–Crippen MR) is 73.1 cm³/mol. The molecule has 0 saturated carbocycles. The highest BCUT2D eigenvalue weighted by molar-refractivity contribution is 5.96. The lowest BCUT2D eigenvalue weighted by atomic mass is 9.82. The fourth-order valence-corrected chi connectivity index (χ4v) is 2.04. The molecule has 1 rings (SSSR count). The highest BCUT2D eigenvalue weighted by Gasteiger charge is 2.23. The molecule has 2 unspecified atom stereocenters. The summed E-state index contributed by atoms with van der Waals surface area (Å²) in [5.41, 5.74) is 2.20. The second-order valence-electron chi connectivity index (χ2n) is 4.90. The summed E-state index contributed by atoms with van der Waals surface area (Å²) in [7, 11) is 0. The lowest BCUT2D eigenvalue weighted by molar-refractivity contribution is -0.117. The molecule has 1 nitrogen and oxygen atoms in total. The van der Waals surface area contributed by atoms with Crippen LogP contribution in [0.3, 0.4) is 0 Å². The standard InChI is InChI=1S/C16H22O/c1-5-13(4)16(15(17)11-12(2)3)14-9-7-6-8-10-14/h6-11,13,16H,5H2,1-4H3. The van der Waals surface area contributed by atoms with Gasteiger partial charge in [-0.3, -0.25) is 4.79 Å². The van der Waals surface area contributed by atoms with E-state index in [2.05, 4.69) is 13.8 Å². The summed E-state index contributed by atoms with van der Waals surface area (Å²) < 4.78 is 0. The van der Waals surface area contributed by atoms with Crippen molar-refractivity contribution in [2.75, 3.05) is 0 Å². The van der Waals surface area contributed by atoms with Crippen molar-refractivity contribution in [3.05, 3.63) is 47.5 Å². The van der Waals surface area contributed by atoms with Gasteiger partial charge in [0.1, 0.15) is 0 Å². The van der Waals surface area contributed by atoms with E-state index in [0.29, 0.717) is 5.92 Å². The minimum absolute atomic E-state index is 0.00361. The van der Waals surface area contributed by atoms with Crippen LogP contribution in [0.1, 0.15) is 45.6 Å². The van der Waals surface area contributed by atoms with Crippen LogP contribution in [0, 0.1) is 5.92 Å². The van der Waals surface area contributed by atoms with Crippen LogP contribution in [-0.2, 0) is 4.79 Å². The molecule has 0 aliphatic rings. The molecule has 0 bridgehead atoms. The minimum atomic E-state index is -0.00361. The molecule has 1 aromatic rings. The van der Waals surface area contributed by atoms with Gasteiger partial charge in [-0.25, -0.2) is 0 Å². The molecule has 0 saturated heterocycles. The van der Waals surface area contributed by atoms with Gasteiger partial charge in [0.2, 0.25) is 0 Å². The lowest BCUT2D eigenvalue weighted by Gasteiger charge is -2.21. The lowest BCUT2D eigenvalue weighted by Crippen LogP contribution is -2.18. The van der Waals surface area contributed by atoms with Gasteiger partial charge in [0.25, 0.3) is 0 Å². The molecule has 0 heterocycles. The predicted octanol–water partition coefficient (Wildman–Crippen LogP) is 4.35. The number of carbonyl (C=O) groups excluding carboxylic acids is 1. The van der Waals surface area contributed by atoms with Gasteiger partial charge < -0.3 is 0 Å². The molecule has 0 fully saturated rings. The maximum atomic E-state index is 12.3. The van der Waals surface area contributed by atoms with Gasteiger partial charge in [0.05, 0.1) is 0 Å². The highest BCUT2D eigenvalue weighted by Crippen LogP contribution is 2.28. The molecular formula is C16H22O. The Morgan fingerprint density at radius 3 is 2.29 bits per heavy atom. The van der Waals surface area contributed by atoms with Crippen LogP contribution in [0.5, 0.6) is 0 Å². The van der Waals surface area contributed by atoms with Gasteiger partial charge >= 0.3 is 0 Å². The molecule has 0 aliphatic carbocycles. The van der Waals surface area contributed by atoms with Crippen molar-refractivity contribution in [1.29, 1.82) is 0 Å². The Balaban J connectivity index is 3.05. The first-order valence-corrected chi connectivity index (χ1v) is 6.30. The van der Waals surface area contributed by atoms with E-state index >= 15 is 0 Å². The first-order valence-electron chi connectivity index (χ1n) is 6.30. The van der Waals surface area contributed by atoms with Crippen molar-refractivity contribution in [3.63, 3.8) is 0 Å². The Bertz CT molecular complexity index is 385. The molecule has 0 aliphatic heterocycles. The molecule has 0 N–H and O–H groups in total. The monoisotopic (exact) mass is 230 g/mol. The number of hydrogen-bond donors (Lipinski definition) is 0. The fourth-order valence-electron chi connectivity index (χ4n) is 2.04. The van der Waals surface area contributed by atoms with Crippen LogP contribution in [0.4, 0.5) is 0 Å². The molecule has 0 spiro atoms. The average molecular weight is 230 g/mol. The van der Waals surface area contributed by atoms with E-state index in [1.165, 1.54) is 0 Å². The zero-order valence-electron chi connectivity index (χ0n) is 11.2. The second kappa shape index (κ2) is 6.39. The molecule has 0 aromatic heterocycles. The van der Waals surface area contributed by atoms with Crippen molar-refractivity contribution in [2.24, 2.45) is 5.92 Å². The zero-order chi connectivity index (χ0) is 12.8. The third-order valence-corrected chi connectivity index (χ3v) is 3.11. The molecule has 1 aromatic carbocycles. The molecule has 1 heteroatoms. The molecule has 17 heavy (non-hydrogen) atoms. The third kappa shape index (κ3) is 3.85. The number of ketones is 1. The van der Waals surface area contributed by atoms with Gasteiger partial charge in [-0.2, -0.15) is 0 Å². The molecule has 0 amide bonds. The van der Waals surface area contributed by atoms with Crippen molar-refractivity contribution >= 4 is 5.78 Å². The number of allylic oxidation sites excluding steroid dienone is 2. The van der Waals surface area contributed by atoms with Crippen LogP contribution in [0.2, 0.25) is 0 Å². The van der Waals surface area contributed by atoms with Crippen LogP contribution < -0.4 is 0 Å². The number of carbonyl (C=O) groups is 1. The van der Waals surface area contributed by atoms with Gasteiger partial charge in [-0.05, 0) is 31.4 Å². The Morgan fingerprint density at radius 2 is 1.82 bits per heavy atom. The third-order valence-electron chi connectivity index (χ3n) is 3.11. The Hall–Kier alpha value is -1.37. The van der Waals surface area contributed by atoms with E-state index in [9.17, 15) is 4.79 Å². The van der Waals surface area contributed by atoms with Crippen LogP contribution >= 0.6 is 0 Å². The molecule has 92 valence electrons. The summed E-state index contributed by atoms with van der Waals surface area (Å²) in [6.45, 7) is 8.22. The van der Waals surface area contributed by atoms with Crippen molar-refractivity contribution < 1.29 is 4.79 Å². The Kier molecular flexibility index (Phi) is 5.14. The summed E-state index contributed by atoms with van der Waals surface area (Å²) in [6.07, 6.45) is 2.78. The van der Waals surface area contributed by atoms with E-state index in [0.717, 1.165) is 17.6 Å². The SMILES string of the molecule is CCC(C)C(C(=O)C=C(C)C)c1ccccc1. The fraction of sp³-hybridized carbons (Fsp3) is 0.438. The summed E-state index contributed by atoms with van der Waals surface area (Å²) in [4.78, 5) is 12.3. The number of rotatable bonds is 5. The minimum Gasteiger partial charge on any atom is -0.294 e. The molecule has 0 radical (unpaired) electrons. The van der Waals surface area contributed by atoms with Gasteiger partial charge in [-0.1, -0.05) is 56.2 Å². The summed E-state index contributed by atoms with van der Waals surface area (Å²) in [6, 6.07) is 10.1. The van der Waals surface area contributed by atoms with Crippen molar-refractivity contribution in [3.8, 4) is 0 Å². The maximum absolute atomic E-state index is 12.3. The first-order chi connectivity index (χ1) is 8.06. The van der Waals surface area contributed by atoms with Crippen LogP contribution in [0.25, 0.3) is 0 Å². The van der Waals surface area contributed by atoms with Gasteiger partial charge in [-0.15, -0.1) is 0 Å². The summed E-state index contributed by atoms with van der Waals surface area (Å²) in [5, 5.41) is 0. The van der Waals surface area contributed by atoms with Gasteiger partial charge in [0, 0.05) is 5.92 Å². The molecule has 2 atom stereocenters. The van der Waals surface area contributed by atoms with E-state index in [1.807, 2.05) is 44.2 Å². The van der Waals surface area contributed by atoms with Crippen LogP contribution in [0.15, 0.2) is 42.0 Å². The number of hydrogen-bond acceptors (Lipinski definition) is 1. The largest absolute Gasteiger partial charge is 0.294 e. The smallest absolute Gasteiger partial charge is 0.163 e. The average Bonchev–Trinajstić information content (AvgIpc) is 2.29. The zero-order valence-corrected chi connectivity index (χ0v) is 11.2.